The summed E-state index contributed by atoms with van der Waals surface area (Å²) in [6.07, 6.45) is 2.06. The fourth-order valence-electron chi connectivity index (χ4n) is 4.02. The third-order valence-corrected chi connectivity index (χ3v) is 6.28. The van der Waals surface area contributed by atoms with Crippen molar-refractivity contribution in [2.24, 2.45) is 5.92 Å². The second kappa shape index (κ2) is 9.36. The molecule has 1 aliphatic heterocycles. The van der Waals surface area contributed by atoms with E-state index in [4.69, 9.17) is 11.6 Å². The van der Waals surface area contributed by atoms with Crippen LogP contribution in [0.5, 0.6) is 0 Å². The van der Waals surface area contributed by atoms with Crippen molar-refractivity contribution in [2.75, 3.05) is 30.3 Å². The van der Waals surface area contributed by atoms with E-state index in [0.717, 1.165) is 18.9 Å². The van der Waals surface area contributed by atoms with Gasteiger partial charge in [0.05, 0.1) is 5.69 Å². The predicted octanol–water partition coefficient (Wildman–Crippen LogP) is 3.23. The number of amides is 4. The minimum atomic E-state index is -1.37. The molecule has 0 radical (unpaired) electrons. The maximum atomic E-state index is 14.7. The molecule has 1 heterocycles. The molecular weight excluding hydrogens is 451 g/mol. The zero-order valence-electron chi connectivity index (χ0n) is 17.7. The third kappa shape index (κ3) is 4.94. The minimum Gasteiger partial charge on any atom is -0.396 e. The first-order valence-corrected chi connectivity index (χ1v) is 11.1. The van der Waals surface area contributed by atoms with E-state index < -0.39 is 29.2 Å². The van der Waals surface area contributed by atoms with Crippen LogP contribution in [0, 0.1) is 11.7 Å². The number of carbonyl (C=O) groups excluding carboxylic acids is 3. The monoisotopic (exact) mass is 474 g/mol. The number of aliphatic hydroxyl groups is 1. The third-order valence-electron chi connectivity index (χ3n) is 6.03. The molecule has 1 aliphatic carbocycles. The van der Waals surface area contributed by atoms with Gasteiger partial charge >= 0.3 is 6.03 Å². The van der Waals surface area contributed by atoms with Gasteiger partial charge in [-0.2, -0.15) is 0 Å². The number of halogens is 2. The molecule has 33 heavy (non-hydrogen) atoms. The number of nitrogens with one attached hydrogen (secondary N) is 3. The van der Waals surface area contributed by atoms with Crippen molar-refractivity contribution in [3.05, 3.63) is 58.9 Å². The Morgan fingerprint density at radius 1 is 1.09 bits per heavy atom. The zero-order chi connectivity index (χ0) is 23.6. The number of urea groups is 1. The summed E-state index contributed by atoms with van der Waals surface area (Å²) in [4.78, 5) is 39.5. The SMILES string of the molecule is O=C(Nc1ccc(Cl)cc1)N[C@@]1(C(=O)Nc2ccc(C(=O)N3CCCC3)cc2F)C[C@@H]1CO. The van der Waals surface area contributed by atoms with E-state index in [-0.39, 0.29) is 30.2 Å². The normalized spacial score (nSPS) is 21.4. The molecule has 8 nitrogen and oxygen atoms in total. The quantitative estimate of drug-likeness (QED) is 0.515. The Morgan fingerprint density at radius 3 is 2.39 bits per heavy atom. The second-order valence-corrected chi connectivity index (χ2v) is 8.73. The summed E-state index contributed by atoms with van der Waals surface area (Å²) >= 11 is 5.83. The molecule has 2 aliphatic rings. The van der Waals surface area contributed by atoms with Crippen LogP contribution < -0.4 is 16.0 Å². The Balaban J connectivity index is 1.43. The highest BCUT2D eigenvalue weighted by Crippen LogP contribution is 2.44. The van der Waals surface area contributed by atoms with Crippen molar-refractivity contribution in [3.8, 4) is 0 Å². The minimum absolute atomic E-state index is 0.110. The smallest absolute Gasteiger partial charge is 0.320 e. The fourth-order valence-corrected chi connectivity index (χ4v) is 4.15. The van der Waals surface area contributed by atoms with Crippen LogP contribution in [0.25, 0.3) is 0 Å². The lowest BCUT2D eigenvalue weighted by Gasteiger charge is -2.20. The summed E-state index contributed by atoms with van der Waals surface area (Å²) in [5.41, 5.74) is -0.803. The first-order valence-electron chi connectivity index (χ1n) is 10.7. The van der Waals surface area contributed by atoms with E-state index >= 15 is 0 Å². The number of likely N-dealkylation sites (tertiary alicyclic amines) is 1. The Morgan fingerprint density at radius 2 is 1.79 bits per heavy atom. The molecule has 4 N–H and O–H groups in total. The Hall–Kier alpha value is -3.17. The van der Waals surface area contributed by atoms with Gasteiger partial charge in [0, 0.05) is 41.9 Å². The Kier molecular flexibility index (Phi) is 6.53. The van der Waals surface area contributed by atoms with Gasteiger partial charge < -0.3 is 26.0 Å². The molecular formula is C23H24ClFN4O4. The number of rotatable bonds is 6. The Labute approximate surface area is 195 Å². The van der Waals surface area contributed by atoms with Gasteiger partial charge in [0.1, 0.15) is 11.4 Å². The van der Waals surface area contributed by atoms with Crippen LogP contribution >= 0.6 is 11.6 Å². The van der Waals surface area contributed by atoms with Gasteiger partial charge in [-0.1, -0.05) is 11.6 Å². The van der Waals surface area contributed by atoms with Gasteiger partial charge in [-0.05, 0) is 61.7 Å². The number of nitrogens with zero attached hydrogens (tertiary/aromatic N) is 1. The van der Waals surface area contributed by atoms with Crippen LogP contribution in [0.2, 0.25) is 5.02 Å². The van der Waals surface area contributed by atoms with Crippen LogP contribution in [0.15, 0.2) is 42.5 Å². The van der Waals surface area contributed by atoms with Gasteiger partial charge in [-0.3, -0.25) is 9.59 Å². The van der Waals surface area contributed by atoms with Gasteiger partial charge in [-0.25, -0.2) is 9.18 Å². The van der Waals surface area contributed by atoms with Crippen molar-refractivity contribution in [1.82, 2.24) is 10.2 Å². The summed E-state index contributed by atoms with van der Waals surface area (Å²) < 4.78 is 14.7. The van der Waals surface area contributed by atoms with Crippen LogP contribution in [0.3, 0.4) is 0 Å². The molecule has 0 spiro atoms. The lowest BCUT2D eigenvalue weighted by Crippen LogP contribution is -2.49. The average Bonchev–Trinajstić information content (AvgIpc) is 3.23. The maximum absolute atomic E-state index is 14.7. The molecule has 10 heteroatoms. The number of anilines is 2. The molecule has 0 bridgehead atoms. The molecule has 174 valence electrons. The van der Waals surface area contributed by atoms with E-state index in [9.17, 15) is 23.9 Å². The van der Waals surface area contributed by atoms with Crippen molar-refractivity contribution >= 4 is 40.8 Å². The highest BCUT2D eigenvalue weighted by molar-refractivity contribution is 6.30. The summed E-state index contributed by atoms with van der Waals surface area (Å²) in [6, 6.07) is 9.66. The lowest BCUT2D eigenvalue weighted by molar-refractivity contribution is -0.119. The van der Waals surface area contributed by atoms with Crippen molar-refractivity contribution in [2.45, 2.75) is 24.8 Å². The average molecular weight is 475 g/mol. The standard InChI is InChI=1S/C23H24ClFN4O4/c24-16-4-6-17(7-5-16)26-22(33)28-23(12-15(23)13-30)21(32)27-19-8-3-14(11-18(19)25)20(31)29-9-1-2-10-29/h3-8,11,15,30H,1-2,9-10,12-13H2,(H,27,32)(H2,26,28,33)/t15-,23+/m1/s1. The van der Waals surface area contributed by atoms with E-state index in [1.54, 1.807) is 29.2 Å². The molecule has 1 saturated carbocycles. The van der Waals surface area contributed by atoms with Crippen molar-refractivity contribution < 1.29 is 23.9 Å². The van der Waals surface area contributed by atoms with Crippen molar-refractivity contribution in [3.63, 3.8) is 0 Å². The molecule has 2 atom stereocenters. The first-order chi connectivity index (χ1) is 15.8. The van der Waals surface area contributed by atoms with Crippen molar-refractivity contribution in [1.29, 1.82) is 0 Å². The highest BCUT2D eigenvalue weighted by atomic mass is 35.5. The Bertz CT molecular complexity index is 1070. The summed E-state index contributed by atoms with van der Waals surface area (Å²) in [5, 5.41) is 17.8. The lowest BCUT2D eigenvalue weighted by atomic mass is 10.1. The largest absolute Gasteiger partial charge is 0.396 e. The summed E-state index contributed by atoms with van der Waals surface area (Å²) in [5.74, 6) is -2.16. The number of hydrogen-bond acceptors (Lipinski definition) is 4. The predicted molar refractivity (Wildman–Crippen MR) is 122 cm³/mol. The first kappa shape index (κ1) is 23.0. The van der Waals surface area contributed by atoms with Gasteiger partial charge in [-0.15, -0.1) is 0 Å². The number of hydrogen-bond donors (Lipinski definition) is 4. The molecule has 1 saturated heterocycles. The molecule has 2 aromatic rings. The van der Waals surface area contributed by atoms with E-state index in [1.807, 2.05) is 0 Å². The second-order valence-electron chi connectivity index (χ2n) is 8.29. The highest BCUT2D eigenvalue weighted by Gasteiger charge is 2.61. The summed E-state index contributed by atoms with van der Waals surface area (Å²) in [7, 11) is 0. The van der Waals surface area contributed by atoms with E-state index in [2.05, 4.69) is 16.0 Å². The van der Waals surface area contributed by atoms with E-state index in [0.29, 0.717) is 23.8 Å². The van der Waals surface area contributed by atoms with Gasteiger partial charge in [0.25, 0.3) is 11.8 Å². The fraction of sp³-hybridized carbons (Fsp3) is 0.348. The topological polar surface area (TPSA) is 111 Å². The molecule has 2 fully saturated rings. The molecule has 4 amide bonds. The van der Waals surface area contributed by atoms with Gasteiger partial charge in [0.15, 0.2) is 0 Å². The zero-order valence-corrected chi connectivity index (χ0v) is 18.5. The summed E-state index contributed by atoms with van der Waals surface area (Å²) in [6.45, 7) is 0.974. The molecule has 2 aromatic carbocycles. The number of carbonyl (C=O) groups is 3. The molecule has 4 rings (SSSR count). The molecule has 0 aromatic heterocycles. The van der Waals surface area contributed by atoms with E-state index in [1.165, 1.54) is 12.1 Å². The van der Waals surface area contributed by atoms with Crippen LogP contribution in [-0.2, 0) is 4.79 Å². The molecule has 0 unspecified atom stereocenters. The van der Waals surface area contributed by atoms with Gasteiger partial charge in [0.2, 0.25) is 0 Å². The number of aliphatic hydroxyl groups excluding tert-OH is 1. The maximum Gasteiger partial charge on any atom is 0.320 e. The number of benzene rings is 2. The van der Waals surface area contributed by atoms with Crippen LogP contribution in [0.4, 0.5) is 20.6 Å². The van der Waals surface area contributed by atoms with Crippen LogP contribution in [-0.4, -0.2) is 53.1 Å². The van der Waals surface area contributed by atoms with Crippen LogP contribution in [0.1, 0.15) is 29.6 Å².